The van der Waals surface area contributed by atoms with Crippen LogP contribution >= 0.6 is 0 Å². The van der Waals surface area contributed by atoms with E-state index in [0.29, 0.717) is 0 Å². The predicted octanol–water partition coefficient (Wildman–Crippen LogP) is -8.22. The molecule has 3 fully saturated rings. The van der Waals surface area contributed by atoms with Crippen LogP contribution in [0.5, 0.6) is 0 Å². The molecule has 0 spiro atoms. The van der Waals surface area contributed by atoms with E-state index < -0.39 is 136 Å². The van der Waals surface area contributed by atoms with Gasteiger partial charge in [0.2, 0.25) is 5.91 Å². The third-order valence-corrected chi connectivity index (χ3v) is 7.45. The average Bonchev–Trinajstić information content (AvgIpc) is 2.96. The fourth-order valence-electron chi connectivity index (χ4n) is 5.06. The number of amides is 1. The Morgan fingerprint density at radius 3 is 2.14 bits per heavy atom. The summed E-state index contributed by atoms with van der Waals surface area (Å²) < 4.78 is 26.7. The maximum atomic E-state index is 12.5. The predicted molar refractivity (Wildman–Crippen MR) is 130 cm³/mol. The second-order valence-corrected chi connectivity index (χ2v) is 10.5. The fourth-order valence-corrected chi connectivity index (χ4v) is 5.06. The summed E-state index contributed by atoms with van der Waals surface area (Å²) in [6.07, 6.45) is -27.3. The molecule has 13 N–H and O–H groups in total. The Labute approximate surface area is 243 Å². The van der Waals surface area contributed by atoms with Crippen LogP contribution in [0.2, 0.25) is 0 Å². The lowest BCUT2D eigenvalue weighted by Gasteiger charge is -2.50. The number of ether oxygens (including phenoxy) is 5. The lowest BCUT2D eigenvalue weighted by atomic mass is 9.88. The van der Waals surface area contributed by atoms with Gasteiger partial charge < -0.3 is 90.3 Å². The topological polar surface area (TPSA) is 335 Å². The molecule has 3 aliphatic rings. The molecule has 0 aromatic heterocycles. The molecule has 0 aromatic rings. The van der Waals surface area contributed by atoms with Gasteiger partial charge in [0.25, 0.3) is 5.79 Å². The smallest absolute Gasteiger partial charge is 0.364 e. The average molecular weight is 634 g/mol. The fraction of sp³-hybridized carbons (Fsp3) is 0.913. The van der Waals surface area contributed by atoms with Crippen molar-refractivity contribution in [3.8, 4) is 0 Å². The second-order valence-electron chi connectivity index (χ2n) is 10.5. The molecule has 20 nitrogen and oxygen atoms in total. The van der Waals surface area contributed by atoms with Crippen molar-refractivity contribution in [2.24, 2.45) is 0 Å². The van der Waals surface area contributed by atoms with Gasteiger partial charge >= 0.3 is 5.97 Å². The standard InChI is InChI=1S/C23H39NO19/c1-6(27)24-11-7(28)2-23(22(37)38,42-18(11)12(30)8(29)3-25)43-19-14(32)9(4-26)41-21(17(19)35)39-5-10-13(31)15(33)16(34)20(36)40-10/h7-21,25-26,28-36H,2-5H2,1H3,(H,24,27)(H,37,38)/t7-,8+,9+,10+,11+,12+,13+,14-,15-,16+,17+,18+,19-,20?,21-,23-/m0/s1. The van der Waals surface area contributed by atoms with Crippen molar-refractivity contribution < 1.29 is 94.6 Å². The van der Waals surface area contributed by atoms with Crippen LogP contribution in [-0.2, 0) is 33.3 Å². The van der Waals surface area contributed by atoms with Crippen molar-refractivity contribution in [2.75, 3.05) is 19.8 Å². The number of carboxylic acids is 1. The van der Waals surface area contributed by atoms with E-state index in [0.717, 1.165) is 6.92 Å². The number of nitrogens with one attached hydrogen (secondary N) is 1. The summed E-state index contributed by atoms with van der Waals surface area (Å²) in [5.41, 5.74) is 0. The molecule has 0 saturated carbocycles. The highest BCUT2D eigenvalue weighted by atomic mass is 16.8. The number of hydrogen-bond donors (Lipinski definition) is 13. The summed E-state index contributed by atoms with van der Waals surface area (Å²) in [6.45, 7) is -1.65. The van der Waals surface area contributed by atoms with E-state index in [9.17, 15) is 70.9 Å². The number of aliphatic carboxylic acids is 1. The van der Waals surface area contributed by atoms with E-state index in [4.69, 9.17) is 23.7 Å². The van der Waals surface area contributed by atoms with Gasteiger partial charge in [-0.1, -0.05) is 0 Å². The zero-order valence-electron chi connectivity index (χ0n) is 22.7. The third kappa shape index (κ3) is 7.58. The van der Waals surface area contributed by atoms with Crippen molar-refractivity contribution in [2.45, 2.75) is 111 Å². The van der Waals surface area contributed by atoms with E-state index >= 15 is 0 Å². The molecular formula is C23H39NO19. The molecule has 3 saturated heterocycles. The Kier molecular flexibility index (Phi) is 12.1. The Morgan fingerprint density at radius 2 is 1.58 bits per heavy atom. The first kappa shape index (κ1) is 35.8. The van der Waals surface area contributed by atoms with Crippen molar-refractivity contribution >= 4 is 11.9 Å². The van der Waals surface area contributed by atoms with Crippen LogP contribution in [0.1, 0.15) is 13.3 Å². The van der Waals surface area contributed by atoms with Crippen molar-refractivity contribution in [3.63, 3.8) is 0 Å². The molecule has 3 heterocycles. The molecule has 0 aromatic carbocycles. The van der Waals surface area contributed by atoms with Crippen molar-refractivity contribution in [3.05, 3.63) is 0 Å². The lowest BCUT2D eigenvalue weighted by Crippen LogP contribution is -2.70. The summed E-state index contributed by atoms with van der Waals surface area (Å²) in [6, 6.07) is -1.53. The van der Waals surface area contributed by atoms with Crippen LogP contribution in [0.4, 0.5) is 0 Å². The normalized spacial score (nSPS) is 45.3. The van der Waals surface area contributed by atoms with Crippen LogP contribution in [0.15, 0.2) is 0 Å². The highest BCUT2D eigenvalue weighted by molar-refractivity contribution is 5.76. The molecule has 0 bridgehead atoms. The lowest BCUT2D eigenvalue weighted by molar-refractivity contribution is -0.373. The van der Waals surface area contributed by atoms with E-state index in [1.807, 2.05) is 0 Å². The van der Waals surface area contributed by atoms with E-state index in [-0.39, 0.29) is 0 Å². The van der Waals surface area contributed by atoms with Gasteiger partial charge in [-0.15, -0.1) is 0 Å². The quantitative estimate of drug-likeness (QED) is 0.100. The summed E-state index contributed by atoms with van der Waals surface area (Å²) in [7, 11) is 0. The summed E-state index contributed by atoms with van der Waals surface area (Å²) >= 11 is 0. The van der Waals surface area contributed by atoms with Gasteiger partial charge in [-0.25, -0.2) is 4.79 Å². The molecule has 1 amide bonds. The number of hydrogen-bond acceptors (Lipinski definition) is 18. The molecule has 0 radical (unpaired) electrons. The summed E-state index contributed by atoms with van der Waals surface area (Å²) in [5, 5.41) is 124. The highest BCUT2D eigenvalue weighted by Crippen LogP contribution is 2.37. The van der Waals surface area contributed by atoms with Gasteiger partial charge in [0, 0.05) is 13.3 Å². The minimum atomic E-state index is -2.99. The van der Waals surface area contributed by atoms with Crippen molar-refractivity contribution in [1.82, 2.24) is 5.32 Å². The largest absolute Gasteiger partial charge is 0.477 e. The molecule has 250 valence electrons. The van der Waals surface area contributed by atoms with Gasteiger partial charge in [0.1, 0.15) is 67.1 Å². The number of carboxylic acid groups (broad SMARTS) is 1. The van der Waals surface area contributed by atoms with Crippen LogP contribution in [-0.4, -0.2) is 191 Å². The maximum absolute atomic E-state index is 12.5. The minimum Gasteiger partial charge on any atom is -0.477 e. The van der Waals surface area contributed by atoms with Crippen molar-refractivity contribution in [1.29, 1.82) is 0 Å². The second kappa shape index (κ2) is 14.6. The Balaban J connectivity index is 1.87. The Hall–Kier alpha value is -1.70. The summed E-state index contributed by atoms with van der Waals surface area (Å²) in [4.78, 5) is 24.2. The first-order chi connectivity index (χ1) is 20.1. The maximum Gasteiger partial charge on any atom is 0.364 e. The molecule has 1 unspecified atom stereocenters. The molecule has 0 aliphatic carbocycles. The molecule has 43 heavy (non-hydrogen) atoms. The molecule has 3 rings (SSSR count). The van der Waals surface area contributed by atoms with Gasteiger partial charge in [-0.3, -0.25) is 4.79 Å². The number of aliphatic hydroxyl groups is 11. The Bertz CT molecular complexity index is 944. The SMILES string of the molecule is CC(=O)N[C@H]1[C@H]([C@H](O)[C@H](O)CO)O[C@@](O[C@H]2[C@@H](O)[C@@H](CO)O[C@H](OC[C@H]3OC(O)[C@H](O)[C@@H](O)[C@@H]3O)[C@@H]2O)(C(=O)O)C[C@@H]1O. The number of carbonyl (C=O) groups excluding carboxylic acids is 1. The van der Waals surface area contributed by atoms with Crippen LogP contribution in [0.25, 0.3) is 0 Å². The van der Waals surface area contributed by atoms with E-state index in [2.05, 4.69) is 5.32 Å². The minimum absolute atomic E-state index is 0.726. The molecule has 3 aliphatic heterocycles. The molecule has 20 heteroatoms. The van der Waals surface area contributed by atoms with Gasteiger partial charge in [0.15, 0.2) is 12.6 Å². The van der Waals surface area contributed by atoms with E-state index in [1.54, 1.807) is 0 Å². The zero-order chi connectivity index (χ0) is 32.4. The Morgan fingerprint density at radius 1 is 0.930 bits per heavy atom. The number of aliphatic hydroxyl groups excluding tert-OH is 11. The first-order valence-corrected chi connectivity index (χ1v) is 13.2. The van der Waals surface area contributed by atoms with Crippen LogP contribution in [0, 0.1) is 0 Å². The molecular weight excluding hydrogens is 594 g/mol. The first-order valence-electron chi connectivity index (χ1n) is 13.2. The van der Waals surface area contributed by atoms with Crippen LogP contribution < -0.4 is 5.32 Å². The highest BCUT2D eigenvalue weighted by Gasteiger charge is 2.59. The number of rotatable bonds is 11. The number of carbonyl (C=O) groups is 2. The third-order valence-electron chi connectivity index (χ3n) is 7.45. The van der Waals surface area contributed by atoms with Gasteiger partial charge in [-0.05, 0) is 0 Å². The zero-order valence-corrected chi connectivity index (χ0v) is 22.7. The monoisotopic (exact) mass is 633 g/mol. The molecule has 16 atom stereocenters. The summed E-state index contributed by atoms with van der Waals surface area (Å²) in [5.74, 6) is -5.68. The van der Waals surface area contributed by atoms with Crippen LogP contribution in [0.3, 0.4) is 0 Å². The van der Waals surface area contributed by atoms with Gasteiger partial charge in [-0.2, -0.15) is 0 Å². The van der Waals surface area contributed by atoms with E-state index in [1.165, 1.54) is 0 Å². The van der Waals surface area contributed by atoms with Gasteiger partial charge in [0.05, 0.1) is 32.0 Å².